The van der Waals surface area contributed by atoms with Crippen molar-refractivity contribution in [2.45, 2.75) is 44.8 Å². The van der Waals surface area contributed by atoms with Crippen LogP contribution in [0.1, 0.15) is 31.7 Å². The van der Waals surface area contributed by atoms with Crippen LogP contribution in [0.3, 0.4) is 0 Å². The van der Waals surface area contributed by atoms with Gasteiger partial charge in [0, 0.05) is 44.4 Å². The number of ether oxygens (including phenoxy) is 2. The summed E-state index contributed by atoms with van der Waals surface area (Å²) in [5.41, 5.74) is 0.767. The Bertz CT molecular complexity index is 718. The molecular weight excluding hydrogens is 366 g/mol. The van der Waals surface area contributed by atoms with E-state index in [1.807, 2.05) is 6.92 Å². The molecule has 0 aromatic heterocycles. The highest BCUT2D eigenvalue weighted by atomic mass is 19.2. The summed E-state index contributed by atoms with van der Waals surface area (Å²) in [7, 11) is 0. The zero-order valence-electron chi connectivity index (χ0n) is 16.3. The lowest BCUT2D eigenvalue weighted by Crippen LogP contribution is -2.68. The number of carbonyl (C=O) groups excluding carboxylic acids is 1. The molecule has 2 amide bonds. The molecule has 154 valence electrons. The molecule has 4 rings (SSSR count). The Balaban J connectivity index is 1.27. The first kappa shape index (κ1) is 19.6. The largest absolute Gasteiger partial charge is 0.381 e. The number of urea groups is 1. The number of halogens is 2. The first-order valence-electron chi connectivity index (χ1n) is 10.2. The molecule has 28 heavy (non-hydrogen) atoms. The summed E-state index contributed by atoms with van der Waals surface area (Å²) < 4.78 is 37.8. The van der Waals surface area contributed by atoms with Crippen LogP contribution in [0.15, 0.2) is 18.2 Å². The van der Waals surface area contributed by atoms with E-state index in [9.17, 15) is 13.6 Å². The highest BCUT2D eigenvalue weighted by molar-refractivity contribution is 5.75. The predicted molar refractivity (Wildman–Crippen MR) is 100.0 cm³/mol. The maximum Gasteiger partial charge on any atom is 0.317 e. The Morgan fingerprint density at radius 3 is 2.71 bits per heavy atom. The van der Waals surface area contributed by atoms with Crippen molar-refractivity contribution in [2.75, 3.05) is 32.9 Å². The first-order valence-corrected chi connectivity index (χ1v) is 10.2. The highest BCUT2D eigenvalue weighted by Gasteiger charge is 2.57. The van der Waals surface area contributed by atoms with Crippen LogP contribution in [-0.4, -0.2) is 56.0 Å². The molecule has 2 atom stereocenters. The number of nitrogens with zero attached hydrogens (tertiary/aromatic N) is 1. The molecule has 2 aliphatic heterocycles. The summed E-state index contributed by atoms with van der Waals surface area (Å²) in [6.07, 6.45) is 3.54. The van der Waals surface area contributed by atoms with Gasteiger partial charge in [0.2, 0.25) is 0 Å². The summed E-state index contributed by atoms with van der Waals surface area (Å²) >= 11 is 0. The van der Waals surface area contributed by atoms with E-state index in [2.05, 4.69) is 5.32 Å². The van der Waals surface area contributed by atoms with Gasteiger partial charge in [-0.3, -0.25) is 0 Å². The summed E-state index contributed by atoms with van der Waals surface area (Å²) in [5, 5.41) is 3.21. The maximum absolute atomic E-state index is 13.3. The molecular formula is C21H28F2N2O3. The third kappa shape index (κ3) is 3.62. The molecule has 1 aromatic carbocycles. The standard InChI is InChI=1S/C21H28F2N2O3/c1-2-28-19-11-18(21(19)5-7-27-8-6-21)24-20(26)25-12-15(13-25)9-14-3-4-16(22)17(23)10-14/h3-4,10,15,18-19H,2,5-9,11-13H2,1H3,(H,24,26). The minimum Gasteiger partial charge on any atom is -0.381 e. The molecule has 1 aromatic rings. The molecule has 2 unspecified atom stereocenters. The van der Waals surface area contributed by atoms with Crippen molar-refractivity contribution < 1.29 is 23.0 Å². The van der Waals surface area contributed by atoms with E-state index >= 15 is 0 Å². The molecule has 5 nitrogen and oxygen atoms in total. The van der Waals surface area contributed by atoms with Crippen LogP contribution >= 0.6 is 0 Å². The van der Waals surface area contributed by atoms with Crippen molar-refractivity contribution in [1.29, 1.82) is 0 Å². The van der Waals surface area contributed by atoms with E-state index < -0.39 is 11.6 Å². The van der Waals surface area contributed by atoms with Crippen LogP contribution < -0.4 is 5.32 Å². The third-order valence-electron chi connectivity index (χ3n) is 6.63. The van der Waals surface area contributed by atoms with Crippen LogP contribution in [-0.2, 0) is 15.9 Å². The van der Waals surface area contributed by atoms with E-state index in [1.165, 1.54) is 6.07 Å². The molecule has 1 N–H and O–H groups in total. The summed E-state index contributed by atoms with van der Waals surface area (Å²) in [5.74, 6) is -1.36. The van der Waals surface area contributed by atoms with Crippen LogP contribution in [0.25, 0.3) is 0 Å². The fourth-order valence-electron chi connectivity index (χ4n) is 4.91. The molecule has 1 saturated carbocycles. The fourth-order valence-corrected chi connectivity index (χ4v) is 4.91. The number of hydrogen-bond acceptors (Lipinski definition) is 3. The second-order valence-electron chi connectivity index (χ2n) is 8.25. The van der Waals surface area contributed by atoms with Gasteiger partial charge in [-0.15, -0.1) is 0 Å². The van der Waals surface area contributed by atoms with Gasteiger partial charge in [0.15, 0.2) is 11.6 Å². The number of hydrogen-bond donors (Lipinski definition) is 1. The molecule has 3 fully saturated rings. The highest BCUT2D eigenvalue weighted by Crippen LogP contribution is 2.50. The van der Waals surface area contributed by atoms with E-state index in [0.29, 0.717) is 26.1 Å². The topological polar surface area (TPSA) is 50.8 Å². The smallest absolute Gasteiger partial charge is 0.317 e. The van der Waals surface area contributed by atoms with E-state index in [1.54, 1.807) is 11.0 Å². The second kappa shape index (κ2) is 7.95. The molecule has 7 heteroatoms. The fraction of sp³-hybridized carbons (Fsp3) is 0.667. The molecule has 2 heterocycles. The second-order valence-corrected chi connectivity index (χ2v) is 8.25. The molecule has 1 aliphatic carbocycles. The van der Waals surface area contributed by atoms with Crippen LogP contribution in [0.5, 0.6) is 0 Å². The van der Waals surface area contributed by atoms with Crippen molar-refractivity contribution in [3.63, 3.8) is 0 Å². The van der Waals surface area contributed by atoms with Gasteiger partial charge < -0.3 is 19.7 Å². The van der Waals surface area contributed by atoms with Crippen molar-refractivity contribution in [2.24, 2.45) is 11.3 Å². The summed E-state index contributed by atoms with van der Waals surface area (Å²) in [6.45, 7) is 5.41. The Kier molecular flexibility index (Phi) is 5.56. The molecule has 0 bridgehead atoms. The zero-order chi connectivity index (χ0) is 19.7. The van der Waals surface area contributed by atoms with Gasteiger partial charge in [0.05, 0.1) is 6.10 Å². The monoisotopic (exact) mass is 394 g/mol. The summed E-state index contributed by atoms with van der Waals surface area (Å²) in [4.78, 5) is 14.4. The number of nitrogens with one attached hydrogen (secondary N) is 1. The number of rotatable bonds is 5. The van der Waals surface area contributed by atoms with E-state index in [-0.39, 0.29) is 29.5 Å². The first-order chi connectivity index (χ1) is 13.5. The summed E-state index contributed by atoms with van der Waals surface area (Å²) in [6, 6.07) is 4.11. The average Bonchev–Trinajstić information content (AvgIpc) is 2.66. The van der Waals surface area contributed by atoms with Crippen molar-refractivity contribution in [3.8, 4) is 0 Å². The van der Waals surface area contributed by atoms with Crippen LogP contribution in [0, 0.1) is 23.0 Å². The number of benzene rings is 1. The number of carbonyl (C=O) groups is 1. The zero-order valence-corrected chi connectivity index (χ0v) is 16.3. The van der Waals surface area contributed by atoms with Crippen LogP contribution in [0.4, 0.5) is 13.6 Å². The minimum atomic E-state index is -0.828. The number of amides is 2. The maximum atomic E-state index is 13.3. The Morgan fingerprint density at radius 2 is 2.04 bits per heavy atom. The van der Waals surface area contributed by atoms with Crippen LogP contribution in [0.2, 0.25) is 0 Å². The van der Waals surface area contributed by atoms with Gasteiger partial charge in [-0.05, 0) is 56.2 Å². The lowest BCUT2D eigenvalue weighted by Gasteiger charge is -2.57. The van der Waals surface area contributed by atoms with Crippen molar-refractivity contribution in [1.82, 2.24) is 10.2 Å². The van der Waals surface area contributed by atoms with Gasteiger partial charge in [-0.1, -0.05) is 6.07 Å². The van der Waals surface area contributed by atoms with Gasteiger partial charge in [0.1, 0.15) is 0 Å². The van der Waals surface area contributed by atoms with Gasteiger partial charge in [-0.25, -0.2) is 13.6 Å². The normalized spacial score (nSPS) is 26.6. The molecule has 0 radical (unpaired) electrons. The Hall–Kier alpha value is -1.73. The quantitative estimate of drug-likeness (QED) is 0.835. The SMILES string of the molecule is CCOC1CC(NC(=O)N2CC(Cc3ccc(F)c(F)c3)C2)C12CCOCC2. The van der Waals surface area contributed by atoms with E-state index in [4.69, 9.17) is 9.47 Å². The molecule has 2 saturated heterocycles. The van der Waals surface area contributed by atoms with Gasteiger partial charge in [0.25, 0.3) is 0 Å². The minimum absolute atomic E-state index is 0.000172. The lowest BCUT2D eigenvalue weighted by molar-refractivity contribution is -0.170. The number of likely N-dealkylation sites (tertiary alicyclic amines) is 1. The Morgan fingerprint density at radius 1 is 1.29 bits per heavy atom. The van der Waals surface area contributed by atoms with Crippen molar-refractivity contribution >= 4 is 6.03 Å². The van der Waals surface area contributed by atoms with E-state index in [0.717, 1.165) is 44.1 Å². The lowest BCUT2D eigenvalue weighted by atomic mass is 9.57. The predicted octanol–water partition coefficient (Wildman–Crippen LogP) is 3.12. The molecule has 1 spiro atoms. The average molecular weight is 394 g/mol. The Labute approximate surface area is 164 Å². The van der Waals surface area contributed by atoms with Gasteiger partial charge in [-0.2, -0.15) is 0 Å². The molecule has 3 aliphatic rings. The van der Waals surface area contributed by atoms with Crippen molar-refractivity contribution in [3.05, 3.63) is 35.4 Å². The third-order valence-corrected chi connectivity index (χ3v) is 6.63. The van der Waals surface area contributed by atoms with Gasteiger partial charge >= 0.3 is 6.03 Å².